The van der Waals surface area contributed by atoms with E-state index in [9.17, 15) is 13.2 Å². The number of anilines is 2. The number of ether oxygens (including phenoxy) is 1. The second kappa shape index (κ2) is 10.1. The van der Waals surface area contributed by atoms with Gasteiger partial charge in [-0.25, -0.2) is 4.98 Å². The van der Waals surface area contributed by atoms with Crippen LogP contribution >= 0.6 is 0 Å². The van der Waals surface area contributed by atoms with Gasteiger partial charge >= 0.3 is 12.2 Å². The molecule has 3 rings (SSSR count). The van der Waals surface area contributed by atoms with Crippen molar-refractivity contribution in [1.82, 2.24) is 9.97 Å². The molecule has 30 heavy (non-hydrogen) atoms. The molecule has 164 valence electrons. The van der Waals surface area contributed by atoms with E-state index in [1.807, 2.05) is 24.3 Å². The van der Waals surface area contributed by atoms with E-state index < -0.39 is 11.7 Å². The molecule has 1 aliphatic carbocycles. The van der Waals surface area contributed by atoms with Crippen molar-refractivity contribution in [2.45, 2.75) is 70.4 Å². The minimum atomic E-state index is -4.55. The highest BCUT2D eigenvalue weighted by Gasteiger charge is 2.36. The fourth-order valence-electron chi connectivity index (χ4n) is 3.93. The maximum Gasteiger partial charge on any atom is 0.421 e. The molecule has 1 aliphatic rings. The average Bonchev–Trinajstić information content (AvgIpc) is 3.27. The van der Waals surface area contributed by atoms with Gasteiger partial charge in [0.05, 0.1) is 6.61 Å². The summed E-state index contributed by atoms with van der Waals surface area (Å²) in [6.07, 6.45) is 5.14. The van der Waals surface area contributed by atoms with Gasteiger partial charge in [-0.3, -0.25) is 0 Å². The van der Waals surface area contributed by atoms with Gasteiger partial charge < -0.3 is 9.64 Å². The van der Waals surface area contributed by atoms with E-state index in [2.05, 4.69) is 16.9 Å². The van der Waals surface area contributed by atoms with Crippen molar-refractivity contribution < 1.29 is 17.9 Å². The van der Waals surface area contributed by atoms with Crippen LogP contribution in [0.15, 0.2) is 30.5 Å². The van der Waals surface area contributed by atoms with Crippen LogP contribution in [0.1, 0.15) is 75.3 Å². The van der Waals surface area contributed by atoms with Crippen LogP contribution in [0.4, 0.5) is 24.7 Å². The number of rotatable bonds is 9. The third-order valence-corrected chi connectivity index (χ3v) is 5.71. The number of hydrogen-bond acceptors (Lipinski definition) is 4. The summed E-state index contributed by atoms with van der Waals surface area (Å²) in [4.78, 5) is 9.34. The molecule has 0 aliphatic heterocycles. The van der Waals surface area contributed by atoms with Gasteiger partial charge in [0.25, 0.3) is 0 Å². The summed E-state index contributed by atoms with van der Waals surface area (Å²) >= 11 is 0. The van der Waals surface area contributed by atoms with Gasteiger partial charge in [0.2, 0.25) is 0 Å². The molecule has 2 aromatic rings. The van der Waals surface area contributed by atoms with Gasteiger partial charge in [-0.05, 0) is 42.9 Å². The maximum atomic E-state index is 13.6. The second-order valence-corrected chi connectivity index (χ2v) is 7.93. The van der Waals surface area contributed by atoms with Gasteiger partial charge in [0.15, 0.2) is 5.82 Å². The number of hydrogen-bond donors (Lipinski definition) is 0. The van der Waals surface area contributed by atoms with Crippen LogP contribution in [-0.2, 0) is 6.18 Å². The predicted octanol–water partition coefficient (Wildman–Crippen LogP) is 6.88. The molecule has 0 bridgehead atoms. The summed E-state index contributed by atoms with van der Waals surface area (Å²) < 4.78 is 46.2. The van der Waals surface area contributed by atoms with Gasteiger partial charge in [-0.15, -0.1) is 0 Å². The Bertz CT molecular complexity index is 802. The first-order chi connectivity index (χ1) is 14.4. The number of aromatic nitrogens is 2. The molecule has 1 aromatic heterocycles. The highest BCUT2D eigenvalue weighted by molar-refractivity contribution is 5.63. The van der Waals surface area contributed by atoms with E-state index in [-0.39, 0.29) is 11.8 Å². The van der Waals surface area contributed by atoms with Crippen LogP contribution in [0.2, 0.25) is 0 Å². The number of halogens is 3. The van der Waals surface area contributed by atoms with Crippen LogP contribution in [0.5, 0.6) is 6.01 Å². The molecule has 0 saturated heterocycles. The zero-order valence-corrected chi connectivity index (χ0v) is 17.7. The Morgan fingerprint density at radius 2 is 1.77 bits per heavy atom. The molecule has 0 amide bonds. The van der Waals surface area contributed by atoms with Gasteiger partial charge in [0.1, 0.15) is 5.56 Å². The lowest BCUT2D eigenvalue weighted by atomic mass is 9.97. The molecular formula is C23H30F3N3O. The van der Waals surface area contributed by atoms with Crippen LogP contribution in [0.25, 0.3) is 0 Å². The summed E-state index contributed by atoms with van der Waals surface area (Å²) in [5, 5.41) is 0. The Morgan fingerprint density at radius 1 is 1.07 bits per heavy atom. The number of alkyl halides is 3. The summed E-state index contributed by atoms with van der Waals surface area (Å²) in [5.74, 6) is 0.358. The quantitative estimate of drug-likeness (QED) is 0.414. The second-order valence-electron chi connectivity index (χ2n) is 7.93. The zero-order chi connectivity index (χ0) is 21.6. The summed E-state index contributed by atoms with van der Waals surface area (Å²) in [6, 6.07) is 7.73. The highest BCUT2D eigenvalue weighted by atomic mass is 19.4. The fourth-order valence-corrected chi connectivity index (χ4v) is 3.93. The molecule has 0 atom stereocenters. The van der Waals surface area contributed by atoms with Crippen molar-refractivity contribution >= 4 is 11.5 Å². The third kappa shape index (κ3) is 5.64. The number of unbranched alkanes of at least 4 members (excludes halogenated alkanes) is 3. The standard InChI is InChI=1S/C23H30F3N3O/c1-3-4-5-8-15-30-22-27-16-20(23(24,25)26)21(28-22)29(2)19-13-11-18(12-14-19)17-9-6-7-10-17/h11-14,16-17H,3-10,15H2,1-2H3. The summed E-state index contributed by atoms with van der Waals surface area (Å²) in [5.41, 5.74) is 1.03. The maximum absolute atomic E-state index is 13.6. The molecule has 1 aromatic carbocycles. The van der Waals surface area contributed by atoms with Gasteiger partial charge in [-0.2, -0.15) is 18.2 Å². The molecule has 1 heterocycles. The van der Waals surface area contributed by atoms with E-state index in [1.165, 1.54) is 36.1 Å². The average molecular weight is 422 g/mol. The first kappa shape index (κ1) is 22.4. The molecule has 0 N–H and O–H groups in total. The van der Waals surface area contributed by atoms with E-state index in [1.54, 1.807) is 7.05 Å². The van der Waals surface area contributed by atoms with E-state index in [4.69, 9.17) is 4.74 Å². The summed E-state index contributed by atoms with van der Waals surface area (Å²) in [6.45, 7) is 2.51. The molecule has 0 unspecified atom stereocenters. The molecule has 4 nitrogen and oxygen atoms in total. The Hall–Kier alpha value is -2.31. The third-order valence-electron chi connectivity index (χ3n) is 5.71. The van der Waals surface area contributed by atoms with Crippen molar-refractivity contribution in [3.63, 3.8) is 0 Å². The normalized spacial score (nSPS) is 14.8. The number of benzene rings is 1. The monoisotopic (exact) mass is 421 g/mol. The van der Waals surface area contributed by atoms with E-state index >= 15 is 0 Å². The fraction of sp³-hybridized carbons (Fsp3) is 0.565. The van der Waals surface area contributed by atoms with Crippen LogP contribution in [0.3, 0.4) is 0 Å². The Kier molecular flexibility index (Phi) is 7.56. The molecule has 0 spiro atoms. The predicted molar refractivity (Wildman–Crippen MR) is 112 cm³/mol. The topological polar surface area (TPSA) is 38.2 Å². The Morgan fingerprint density at radius 3 is 2.40 bits per heavy atom. The molecule has 7 heteroatoms. The van der Waals surface area contributed by atoms with Crippen molar-refractivity contribution in [2.24, 2.45) is 0 Å². The van der Waals surface area contributed by atoms with Crippen LogP contribution in [-0.4, -0.2) is 23.6 Å². The minimum Gasteiger partial charge on any atom is -0.463 e. The van der Waals surface area contributed by atoms with Gasteiger partial charge in [-0.1, -0.05) is 51.2 Å². The van der Waals surface area contributed by atoms with Gasteiger partial charge in [0, 0.05) is 18.9 Å². The molecule has 0 radical (unpaired) electrons. The van der Waals surface area contributed by atoms with Crippen molar-refractivity contribution in [3.05, 3.63) is 41.6 Å². The Balaban J connectivity index is 1.79. The van der Waals surface area contributed by atoms with Crippen LogP contribution in [0, 0.1) is 0 Å². The SMILES string of the molecule is CCCCCCOc1ncc(C(F)(F)F)c(N(C)c2ccc(C3CCCC3)cc2)n1. The van der Waals surface area contributed by atoms with E-state index in [0.29, 0.717) is 18.2 Å². The first-order valence-corrected chi connectivity index (χ1v) is 10.8. The lowest BCUT2D eigenvalue weighted by molar-refractivity contribution is -0.137. The van der Waals surface area contributed by atoms with E-state index in [0.717, 1.165) is 31.9 Å². The van der Waals surface area contributed by atoms with Crippen molar-refractivity contribution in [1.29, 1.82) is 0 Å². The zero-order valence-electron chi connectivity index (χ0n) is 17.7. The highest BCUT2D eigenvalue weighted by Crippen LogP contribution is 2.39. The lowest BCUT2D eigenvalue weighted by Gasteiger charge is -2.23. The minimum absolute atomic E-state index is 0.0241. The largest absolute Gasteiger partial charge is 0.463 e. The van der Waals surface area contributed by atoms with Crippen LogP contribution < -0.4 is 9.64 Å². The first-order valence-electron chi connectivity index (χ1n) is 10.8. The molecule has 1 saturated carbocycles. The molecular weight excluding hydrogens is 391 g/mol. The lowest BCUT2D eigenvalue weighted by Crippen LogP contribution is -2.19. The smallest absolute Gasteiger partial charge is 0.421 e. The number of nitrogens with zero attached hydrogens (tertiary/aromatic N) is 3. The van der Waals surface area contributed by atoms with Crippen molar-refractivity contribution in [2.75, 3.05) is 18.6 Å². The molecule has 1 fully saturated rings. The van der Waals surface area contributed by atoms with Crippen molar-refractivity contribution in [3.8, 4) is 6.01 Å². The summed E-state index contributed by atoms with van der Waals surface area (Å²) in [7, 11) is 1.59. The Labute approximate surface area is 176 Å².